The highest BCUT2D eigenvalue weighted by molar-refractivity contribution is 7.80. The van der Waals surface area contributed by atoms with Crippen LogP contribution in [0.4, 0.5) is 0 Å². The summed E-state index contributed by atoms with van der Waals surface area (Å²) in [5.74, 6) is 0. The Balaban J connectivity index is 1.78. The smallest absolute Gasteiger partial charge is 0.169 e. The zero-order chi connectivity index (χ0) is 15.9. The molecule has 1 aliphatic rings. The van der Waals surface area contributed by atoms with E-state index in [1.54, 1.807) is 0 Å². The summed E-state index contributed by atoms with van der Waals surface area (Å²) >= 11 is 17.6. The lowest BCUT2D eigenvalue weighted by molar-refractivity contribution is 0.174. The van der Waals surface area contributed by atoms with Gasteiger partial charge < -0.3 is 10.2 Å². The van der Waals surface area contributed by atoms with Gasteiger partial charge in [-0.1, -0.05) is 42.6 Å². The van der Waals surface area contributed by atoms with E-state index in [0.717, 1.165) is 61.4 Å². The highest BCUT2D eigenvalue weighted by Gasteiger charge is 2.19. The third kappa shape index (κ3) is 5.27. The van der Waals surface area contributed by atoms with Crippen LogP contribution in [0.25, 0.3) is 0 Å². The number of halogens is 2. The summed E-state index contributed by atoms with van der Waals surface area (Å²) in [6.07, 6.45) is 2.35. The monoisotopic (exact) mass is 359 g/mol. The van der Waals surface area contributed by atoms with E-state index in [9.17, 15) is 0 Å². The molecular formula is C16H23Cl2N3S. The van der Waals surface area contributed by atoms with Gasteiger partial charge in [0.15, 0.2) is 5.11 Å². The molecule has 1 fully saturated rings. The Bertz CT molecular complexity index is 502. The molecule has 0 aliphatic carbocycles. The van der Waals surface area contributed by atoms with Crippen molar-refractivity contribution in [2.75, 3.05) is 32.7 Å². The normalized spacial score (nSPS) is 15.9. The van der Waals surface area contributed by atoms with E-state index in [1.165, 1.54) is 6.42 Å². The van der Waals surface area contributed by atoms with Crippen LogP contribution in [-0.2, 0) is 6.54 Å². The number of thiocarbonyl (C=S) groups is 1. The molecule has 1 N–H and O–H groups in total. The molecule has 1 aromatic rings. The number of piperazine rings is 1. The molecule has 0 radical (unpaired) electrons. The first-order valence-electron chi connectivity index (χ1n) is 7.79. The minimum atomic E-state index is 0.682. The average Bonchev–Trinajstić information content (AvgIpc) is 2.51. The van der Waals surface area contributed by atoms with Crippen LogP contribution < -0.4 is 5.32 Å². The van der Waals surface area contributed by atoms with Crippen molar-refractivity contribution >= 4 is 40.5 Å². The number of nitrogens with zero attached hydrogens (tertiary/aromatic N) is 2. The van der Waals surface area contributed by atoms with Gasteiger partial charge in [0.1, 0.15) is 0 Å². The molecule has 1 aromatic carbocycles. The zero-order valence-electron chi connectivity index (χ0n) is 12.9. The summed E-state index contributed by atoms with van der Waals surface area (Å²) in [6.45, 7) is 7.93. The van der Waals surface area contributed by atoms with Gasteiger partial charge in [-0.15, -0.1) is 0 Å². The van der Waals surface area contributed by atoms with Crippen molar-refractivity contribution in [3.63, 3.8) is 0 Å². The molecule has 0 amide bonds. The summed E-state index contributed by atoms with van der Waals surface area (Å²) in [5, 5.41) is 5.65. The van der Waals surface area contributed by atoms with Gasteiger partial charge in [0, 0.05) is 49.3 Å². The Morgan fingerprint density at radius 2 is 1.95 bits per heavy atom. The summed E-state index contributed by atoms with van der Waals surface area (Å²) in [6, 6.07) is 5.71. The SMILES string of the molecule is CCCCNC(=S)N1CCN(Cc2ccc(Cl)cc2Cl)CC1. The highest BCUT2D eigenvalue weighted by Crippen LogP contribution is 2.22. The predicted molar refractivity (Wildman–Crippen MR) is 98.8 cm³/mol. The fourth-order valence-corrected chi connectivity index (χ4v) is 3.24. The van der Waals surface area contributed by atoms with Gasteiger partial charge in [-0.25, -0.2) is 0 Å². The second-order valence-electron chi connectivity index (χ2n) is 5.58. The van der Waals surface area contributed by atoms with Gasteiger partial charge in [-0.2, -0.15) is 0 Å². The fraction of sp³-hybridized carbons (Fsp3) is 0.562. The van der Waals surface area contributed by atoms with E-state index in [1.807, 2.05) is 18.2 Å². The molecule has 1 heterocycles. The zero-order valence-corrected chi connectivity index (χ0v) is 15.3. The number of hydrogen-bond donors (Lipinski definition) is 1. The maximum absolute atomic E-state index is 6.25. The number of rotatable bonds is 5. The quantitative estimate of drug-likeness (QED) is 0.636. The van der Waals surface area contributed by atoms with Crippen LogP contribution in [0.15, 0.2) is 18.2 Å². The predicted octanol–water partition coefficient (Wildman–Crippen LogP) is 3.79. The Kier molecular flexibility index (Phi) is 7.22. The molecule has 22 heavy (non-hydrogen) atoms. The summed E-state index contributed by atoms with van der Waals surface area (Å²) < 4.78 is 0. The maximum atomic E-state index is 6.25. The average molecular weight is 360 g/mol. The van der Waals surface area contributed by atoms with Gasteiger partial charge in [-0.3, -0.25) is 4.90 Å². The van der Waals surface area contributed by atoms with Gasteiger partial charge in [0.05, 0.1) is 0 Å². The first kappa shape index (κ1) is 17.8. The van der Waals surface area contributed by atoms with Gasteiger partial charge >= 0.3 is 0 Å². The minimum absolute atomic E-state index is 0.682. The Labute approximate surface area is 148 Å². The van der Waals surface area contributed by atoms with E-state index >= 15 is 0 Å². The number of benzene rings is 1. The molecule has 122 valence electrons. The summed E-state index contributed by atoms with van der Waals surface area (Å²) in [4.78, 5) is 4.66. The van der Waals surface area contributed by atoms with Crippen LogP contribution in [0.5, 0.6) is 0 Å². The molecule has 0 spiro atoms. The third-order valence-electron chi connectivity index (χ3n) is 3.88. The van der Waals surface area contributed by atoms with Gasteiger partial charge in [0.25, 0.3) is 0 Å². The van der Waals surface area contributed by atoms with Gasteiger partial charge in [0.2, 0.25) is 0 Å². The molecule has 0 bridgehead atoms. The lowest BCUT2D eigenvalue weighted by Gasteiger charge is -2.36. The Morgan fingerprint density at radius 3 is 2.59 bits per heavy atom. The lowest BCUT2D eigenvalue weighted by Crippen LogP contribution is -2.51. The van der Waals surface area contributed by atoms with Crippen LogP contribution in [0, 0.1) is 0 Å². The van der Waals surface area contributed by atoms with Crippen LogP contribution in [0.1, 0.15) is 25.3 Å². The second-order valence-corrected chi connectivity index (χ2v) is 6.81. The van der Waals surface area contributed by atoms with Crippen LogP contribution in [-0.4, -0.2) is 47.6 Å². The third-order valence-corrected chi connectivity index (χ3v) is 4.86. The second kappa shape index (κ2) is 8.92. The molecule has 1 saturated heterocycles. The summed E-state index contributed by atoms with van der Waals surface area (Å²) in [7, 11) is 0. The highest BCUT2D eigenvalue weighted by atomic mass is 35.5. The number of nitrogens with one attached hydrogen (secondary N) is 1. The molecule has 1 aliphatic heterocycles. The molecule has 0 aromatic heterocycles. The van der Waals surface area contributed by atoms with E-state index < -0.39 is 0 Å². The van der Waals surface area contributed by atoms with Crippen molar-refractivity contribution in [2.24, 2.45) is 0 Å². The fourth-order valence-electron chi connectivity index (χ4n) is 2.48. The van der Waals surface area contributed by atoms with Crippen LogP contribution >= 0.6 is 35.4 Å². The van der Waals surface area contributed by atoms with E-state index in [2.05, 4.69) is 22.0 Å². The number of hydrogen-bond acceptors (Lipinski definition) is 2. The lowest BCUT2D eigenvalue weighted by atomic mass is 10.2. The van der Waals surface area contributed by atoms with Crippen molar-refractivity contribution in [1.82, 2.24) is 15.1 Å². The van der Waals surface area contributed by atoms with E-state index in [-0.39, 0.29) is 0 Å². The van der Waals surface area contributed by atoms with Crippen molar-refractivity contribution in [3.05, 3.63) is 33.8 Å². The minimum Gasteiger partial charge on any atom is -0.363 e. The summed E-state index contributed by atoms with van der Waals surface area (Å²) in [5.41, 5.74) is 1.13. The largest absolute Gasteiger partial charge is 0.363 e. The van der Waals surface area contributed by atoms with Crippen molar-refractivity contribution in [3.8, 4) is 0 Å². The van der Waals surface area contributed by atoms with Crippen molar-refractivity contribution < 1.29 is 0 Å². The molecule has 3 nitrogen and oxygen atoms in total. The first-order valence-corrected chi connectivity index (χ1v) is 8.95. The molecule has 0 unspecified atom stereocenters. The van der Waals surface area contributed by atoms with Crippen molar-refractivity contribution in [2.45, 2.75) is 26.3 Å². The van der Waals surface area contributed by atoms with E-state index in [0.29, 0.717) is 5.02 Å². The van der Waals surface area contributed by atoms with Crippen LogP contribution in [0.2, 0.25) is 10.0 Å². The standard InChI is InChI=1S/C16H23Cl2N3S/c1-2-3-6-19-16(22)21-9-7-20(8-10-21)12-13-4-5-14(17)11-15(13)18/h4-5,11H,2-3,6-10,12H2,1H3,(H,19,22). The molecule has 0 saturated carbocycles. The molecular weight excluding hydrogens is 337 g/mol. The van der Waals surface area contributed by atoms with Crippen LogP contribution in [0.3, 0.4) is 0 Å². The first-order chi connectivity index (χ1) is 10.6. The van der Waals surface area contributed by atoms with Gasteiger partial charge in [-0.05, 0) is 36.3 Å². The van der Waals surface area contributed by atoms with E-state index in [4.69, 9.17) is 35.4 Å². The Morgan fingerprint density at radius 1 is 1.23 bits per heavy atom. The molecule has 2 rings (SSSR count). The van der Waals surface area contributed by atoms with Crippen molar-refractivity contribution in [1.29, 1.82) is 0 Å². The Hall–Kier alpha value is -0.550. The maximum Gasteiger partial charge on any atom is 0.169 e. The topological polar surface area (TPSA) is 18.5 Å². The molecule has 6 heteroatoms. The number of unbranched alkanes of at least 4 members (excludes halogenated alkanes) is 1. The molecule has 0 atom stereocenters.